The van der Waals surface area contributed by atoms with Gasteiger partial charge in [-0.2, -0.15) is 18.4 Å². The van der Waals surface area contributed by atoms with Crippen molar-refractivity contribution in [2.24, 2.45) is 5.16 Å². The van der Waals surface area contributed by atoms with Crippen molar-refractivity contribution in [3.63, 3.8) is 0 Å². The Morgan fingerprint density at radius 1 is 1.14 bits per heavy atom. The van der Waals surface area contributed by atoms with Gasteiger partial charge in [0, 0.05) is 5.56 Å². The standard InChI is InChI=1S/C16H11F3N2O/c17-16(18,19)15-7-3-4-12(8-15)11-22-21-10-14-6-2-1-5-13(14)9-20/h1-8,10H,11H2. The van der Waals surface area contributed by atoms with Crippen molar-refractivity contribution in [1.82, 2.24) is 0 Å². The molecule has 0 spiro atoms. The van der Waals surface area contributed by atoms with Crippen LogP contribution in [-0.4, -0.2) is 6.21 Å². The molecule has 0 aliphatic rings. The summed E-state index contributed by atoms with van der Waals surface area (Å²) in [6.45, 7) is -0.0882. The van der Waals surface area contributed by atoms with Gasteiger partial charge in [-0.05, 0) is 23.8 Å². The smallest absolute Gasteiger partial charge is 0.391 e. The van der Waals surface area contributed by atoms with E-state index in [-0.39, 0.29) is 6.61 Å². The highest BCUT2D eigenvalue weighted by Gasteiger charge is 2.30. The minimum atomic E-state index is -4.38. The van der Waals surface area contributed by atoms with Gasteiger partial charge in [0.05, 0.1) is 23.4 Å². The first-order chi connectivity index (χ1) is 10.5. The van der Waals surface area contributed by atoms with E-state index in [9.17, 15) is 13.2 Å². The molecule has 0 saturated carbocycles. The summed E-state index contributed by atoms with van der Waals surface area (Å²) in [5.41, 5.74) is 0.649. The molecule has 0 bridgehead atoms. The van der Waals surface area contributed by atoms with E-state index in [1.54, 1.807) is 24.3 Å². The van der Waals surface area contributed by atoms with Gasteiger partial charge in [0.1, 0.15) is 6.61 Å². The van der Waals surface area contributed by atoms with Crippen molar-refractivity contribution in [1.29, 1.82) is 5.26 Å². The topological polar surface area (TPSA) is 45.4 Å². The van der Waals surface area contributed by atoms with Gasteiger partial charge in [-0.3, -0.25) is 0 Å². The largest absolute Gasteiger partial charge is 0.416 e. The first kappa shape index (κ1) is 15.6. The van der Waals surface area contributed by atoms with Crippen molar-refractivity contribution in [3.8, 4) is 6.07 Å². The summed E-state index contributed by atoms with van der Waals surface area (Å²) in [4.78, 5) is 4.98. The van der Waals surface area contributed by atoms with Crippen molar-refractivity contribution >= 4 is 6.21 Å². The number of benzene rings is 2. The third-order valence-electron chi connectivity index (χ3n) is 2.83. The maximum Gasteiger partial charge on any atom is 0.416 e. The van der Waals surface area contributed by atoms with Gasteiger partial charge in [0.2, 0.25) is 0 Å². The molecule has 6 heteroatoms. The molecule has 0 aliphatic carbocycles. The van der Waals surface area contributed by atoms with Crippen molar-refractivity contribution in [2.45, 2.75) is 12.8 Å². The molecule has 22 heavy (non-hydrogen) atoms. The minimum Gasteiger partial charge on any atom is -0.391 e. The number of oxime groups is 1. The highest BCUT2D eigenvalue weighted by molar-refractivity contribution is 5.82. The van der Waals surface area contributed by atoms with Gasteiger partial charge < -0.3 is 4.84 Å². The molecule has 0 N–H and O–H groups in total. The lowest BCUT2D eigenvalue weighted by atomic mass is 10.1. The molecule has 0 aromatic heterocycles. The SMILES string of the molecule is N#Cc1ccccc1C=NOCc1cccc(C(F)(F)F)c1. The Balaban J connectivity index is 2.00. The predicted molar refractivity (Wildman–Crippen MR) is 75.0 cm³/mol. The highest BCUT2D eigenvalue weighted by Crippen LogP contribution is 2.29. The number of hydrogen-bond donors (Lipinski definition) is 0. The van der Waals surface area contributed by atoms with E-state index in [0.29, 0.717) is 16.7 Å². The van der Waals surface area contributed by atoms with Gasteiger partial charge >= 0.3 is 6.18 Å². The second-order valence-corrected chi connectivity index (χ2v) is 4.41. The molecule has 0 unspecified atom stereocenters. The van der Waals surface area contributed by atoms with E-state index in [1.807, 2.05) is 6.07 Å². The Hall–Kier alpha value is -2.81. The van der Waals surface area contributed by atoms with Crippen LogP contribution in [0, 0.1) is 11.3 Å². The molecule has 112 valence electrons. The highest BCUT2D eigenvalue weighted by atomic mass is 19.4. The lowest BCUT2D eigenvalue weighted by Gasteiger charge is -2.07. The van der Waals surface area contributed by atoms with Crippen molar-refractivity contribution in [2.75, 3.05) is 0 Å². The number of nitrogens with zero attached hydrogens (tertiary/aromatic N) is 2. The van der Waals surface area contributed by atoms with Crippen LogP contribution in [0.5, 0.6) is 0 Å². The van der Waals surface area contributed by atoms with Crippen LogP contribution < -0.4 is 0 Å². The second-order valence-electron chi connectivity index (χ2n) is 4.41. The van der Waals surface area contributed by atoms with Crippen LogP contribution in [0.3, 0.4) is 0 Å². The number of halogens is 3. The molecule has 0 atom stereocenters. The summed E-state index contributed by atoms with van der Waals surface area (Å²) in [7, 11) is 0. The first-order valence-electron chi connectivity index (χ1n) is 6.31. The predicted octanol–water partition coefficient (Wildman–Crippen LogP) is 4.13. The Labute approximate surface area is 125 Å². The summed E-state index contributed by atoms with van der Waals surface area (Å²) < 4.78 is 37.7. The summed E-state index contributed by atoms with van der Waals surface area (Å²) in [6, 6.07) is 13.6. The normalized spacial score (nSPS) is 11.4. The molecule has 2 aromatic carbocycles. The zero-order valence-electron chi connectivity index (χ0n) is 11.3. The molecule has 0 saturated heterocycles. The zero-order valence-corrected chi connectivity index (χ0v) is 11.3. The second kappa shape index (κ2) is 6.76. The third-order valence-corrected chi connectivity index (χ3v) is 2.83. The van der Waals surface area contributed by atoms with Crippen LogP contribution in [-0.2, 0) is 17.6 Å². The number of nitriles is 1. The van der Waals surface area contributed by atoms with Gasteiger partial charge in [0.15, 0.2) is 0 Å². The lowest BCUT2D eigenvalue weighted by molar-refractivity contribution is -0.137. The fourth-order valence-corrected chi connectivity index (χ4v) is 1.75. The Morgan fingerprint density at radius 2 is 1.91 bits per heavy atom. The van der Waals surface area contributed by atoms with E-state index < -0.39 is 11.7 Å². The molecule has 0 amide bonds. The number of alkyl halides is 3. The number of rotatable bonds is 4. The average molecular weight is 304 g/mol. The molecule has 0 heterocycles. The van der Waals surface area contributed by atoms with E-state index >= 15 is 0 Å². The summed E-state index contributed by atoms with van der Waals surface area (Å²) in [5, 5.41) is 12.6. The maximum absolute atomic E-state index is 12.6. The monoisotopic (exact) mass is 304 g/mol. The molecule has 0 fully saturated rings. The van der Waals surface area contributed by atoms with Crippen LogP contribution in [0.2, 0.25) is 0 Å². The van der Waals surface area contributed by atoms with Crippen molar-refractivity contribution in [3.05, 3.63) is 70.8 Å². The third kappa shape index (κ3) is 4.09. The molecule has 0 aliphatic heterocycles. The quantitative estimate of drug-likeness (QED) is 0.630. The van der Waals surface area contributed by atoms with Crippen LogP contribution in [0.15, 0.2) is 53.7 Å². The van der Waals surface area contributed by atoms with Gasteiger partial charge in [0.25, 0.3) is 0 Å². The fourth-order valence-electron chi connectivity index (χ4n) is 1.75. The maximum atomic E-state index is 12.6. The molecular weight excluding hydrogens is 293 g/mol. The van der Waals surface area contributed by atoms with Gasteiger partial charge in [-0.15, -0.1) is 0 Å². The Bertz CT molecular complexity index is 718. The van der Waals surface area contributed by atoms with Crippen molar-refractivity contribution < 1.29 is 18.0 Å². The van der Waals surface area contributed by atoms with Crippen LogP contribution >= 0.6 is 0 Å². The molecule has 2 rings (SSSR count). The Kier molecular flexibility index (Phi) is 4.79. The van der Waals surface area contributed by atoms with Crippen LogP contribution in [0.1, 0.15) is 22.3 Å². The summed E-state index contributed by atoms with van der Waals surface area (Å²) in [5.74, 6) is 0. The Morgan fingerprint density at radius 3 is 2.64 bits per heavy atom. The minimum absolute atomic E-state index is 0.0882. The zero-order chi connectivity index (χ0) is 16.0. The van der Waals surface area contributed by atoms with E-state index in [4.69, 9.17) is 10.1 Å². The first-order valence-corrected chi connectivity index (χ1v) is 6.31. The van der Waals surface area contributed by atoms with Gasteiger partial charge in [-0.25, -0.2) is 0 Å². The molecular formula is C16H11F3N2O. The lowest BCUT2D eigenvalue weighted by Crippen LogP contribution is -2.05. The van der Waals surface area contributed by atoms with Crippen LogP contribution in [0.25, 0.3) is 0 Å². The fraction of sp³-hybridized carbons (Fsp3) is 0.125. The summed E-state index contributed by atoms with van der Waals surface area (Å²) in [6.07, 6.45) is -3.03. The average Bonchev–Trinajstić information content (AvgIpc) is 2.51. The van der Waals surface area contributed by atoms with E-state index in [2.05, 4.69) is 5.16 Å². The molecule has 3 nitrogen and oxygen atoms in total. The van der Waals surface area contributed by atoms with Crippen LogP contribution in [0.4, 0.5) is 13.2 Å². The van der Waals surface area contributed by atoms with E-state index in [1.165, 1.54) is 18.3 Å². The van der Waals surface area contributed by atoms with E-state index in [0.717, 1.165) is 12.1 Å². The number of hydrogen-bond acceptors (Lipinski definition) is 3. The summed E-state index contributed by atoms with van der Waals surface area (Å²) >= 11 is 0. The molecule has 0 radical (unpaired) electrons. The molecule has 2 aromatic rings. The van der Waals surface area contributed by atoms with Gasteiger partial charge in [-0.1, -0.05) is 35.5 Å².